The molecule has 0 radical (unpaired) electrons. The normalized spacial score (nSPS) is 15.3. The second kappa shape index (κ2) is 20.2. The Labute approximate surface area is 201 Å². The first kappa shape index (κ1) is 31.9. The fourth-order valence-electron chi connectivity index (χ4n) is 4.39. The summed E-state index contributed by atoms with van der Waals surface area (Å²) >= 11 is 0. The second-order valence-electron chi connectivity index (χ2n) is 10.4. The molecule has 2 atom stereocenters. The molecule has 0 aromatic carbocycles. The molecule has 0 aliphatic carbocycles. The van der Waals surface area contributed by atoms with Crippen molar-refractivity contribution in [3.8, 4) is 0 Å². The monoisotopic (exact) mass is 474 g/mol. The minimum Gasteiger partial charge on any atom is -0.320 e. The van der Waals surface area contributed by atoms with E-state index in [2.05, 4.69) is 19.1 Å². The van der Waals surface area contributed by atoms with Crippen LogP contribution in [0.2, 0.25) is 0 Å². The van der Waals surface area contributed by atoms with E-state index in [9.17, 15) is 9.46 Å². The van der Waals surface area contributed by atoms with Gasteiger partial charge < -0.3 is 13.9 Å². The van der Waals surface area contributed by atoms with Gasteiger partial charge in [-0.2, -0.15) is 0 Å². The van der Waals surface area contributed by atoms with Crippen molar-refractivity contribution in [1.82, 2.24) is 0 Å². The molecular formula is C27H57NO3P+. The minimum atomic E-state index is -3.55. The van der Waals surface area contributed by atoms with E-state index in [1.165, 1.54) is 96.3 Å². The zero-order valence-corrected chi connectivity index (χ0v) is 23.2. The van der Waals surface area contributed by atoms with Crippen molar-refractivity contribution in [1.29, 1.82) is 0 Å². The van der Waals surface area contributed by atoms with Gasteiger partial charge in [-0.1, -0.05) is 109 Å². The largest absolute Gasteiger partial charge is 0.385 e. The summed E-state index contributed by atoms with van der Waals surface area (Å²) in [6.45, 7) is 4.59. The third-order valence-corrected chi connectivity index (χ3v) is 8.66. The molecule has 0 aliphatic heterocycles. The van der Waals surface area contributed by atoms with Gasteiger partial charge >= 0.3 is 7.60 Å². The number of nitrogens with zero attached hydrogens (tertiary/aromatic N) is 1. The van der Waals surface area contributed by atoms with Gasteiger partial charge in [0.1, 0.15) is 0 Å². The number of quaternary nitrogens is 1. The van der Waals surface area contributed by atoms with Crippen LogP contribution in [-0.4, -0.2) is 42.9 Å². The van der Waals surface area contributed by atoms with Crippen molar-refractivity contribution in [3.05, 3.63) is 12.2 Å². The van der Waals surface area contributed by atoms with Gasteiger partial charge in [-0.25, -0.2) is 0 Å². The first-order valence-corrected chi connectivity index (χ1v) is 15.3. The van der Waals surface area contributed by atoms with E-state index >= 15 is 0 Å². The van der Waals surface area contributed by atoms with Crippen LogP contribution < -0.4 is 0 Å². The molecule has 2 unspecified atom stereocenters. The molecule has 4 nitrogen and oxygen atoms in total. The predicted molar refractivity (Wildman–Crippen MR) is 141 cm³/mol. The molecule has 192 valence electrons. The van der Waals surface area contributed by atoms with E-state index in [0.29, 0.717) is 17.5 Å². The maximum absolute atomic E-state index is 12.5. The van der Waals surface area contributed by atoms with Crippen LogP contribution in [0.5, 0.6) is 0 Å². The van der Waals surface area contributed by atoms with Gasteiger partial charge in [0.2, 0.25) is 0 Å². The highest BCUT2D eigenvalue weighted by Gasteiger charge is 2.41. The molecule has 0 bridgehead atoms. The van der Waals surface area contributed by atoms with Crippen LogP contribution >= 0.6 is 7.60 Å². The summed E-state index contributed by atoms with van der Waals surface area (Å²) in [5.41, 5.74) is 0. The van der Waals surface area contributed by atoms with Gasteiger partial charge in [-0.3, -0.25) is 4.57 Å². The van der Waals surface area contributed by atoms with Gasteiger partial charge in [-0.15, -0.1) is 0 Å². The molecule has 32 heavy (non-hydrogen) atoms. The lowest BCUT2D eigenvalue weighted by Gasteiger charge is -2.35. The number of hydrogen-bond donors (Lipinski definition) is 1. The number of unbranched alkanes of at least 4 members (excludes halogenated alkanes) is 15. The van der Waals surface area contributed by atoms with Crippen molar-refractivity contribution < 1.29 is 18.5 Å². The molecule has 0 spiro atoms. The summed E-state index contributed by atoms with van der Waals surface area (Å²) in [6, 6.07) is 0. The van der Waals surface area contributed by atoms with Crippen LogP contribution in [-0.2, 0) is 9.09 Å². The zero-order chi connectivity index (χ0) is 24.1. The van der Waals surface area contributed by atoms with Crippen molar-refractivity contribution in [2.75, 3.05) is 27.7 Å². The average Bonchev–Trinajstić information content (AvgIpc) is 2.71. The highest BCUT2D eigenvalue weighted by molar-refractivity contribution is 7.53. The zero-order valence-electron chi connectivity index (χ0n) is 22.3. The number of rotatable bonds is 23. The van der Waals surface area contributed by atoms with E-state index in [1.807, 2.05) is 28.1 Å². The maximum atomic E-state index is 12.5. The smallest absolute Gasteiger partial charge is 0.320 e. The molecule has 1 N–H and O–H groups in total. The molecule has 0 rings (SSSR count). The quantitative estimate of drug-likeness (QED) is 0.0696. The fraction of sp³-hybridized carbons (Fsp3) is 0.926. The summed E-state index contributed by atoms with van der Waals surface area (Å²) < 4.78 is 18.4. The Hall–Kier alpha value is -0.150. The Morgan fingerprint density at radius 2 is 1.12 bits per heavy atom. The van der Waals surface area contributed by atoms with Crippen molar-refractivity contribution in [3.63, 3.8) is 0 Å². The van der Waals surface area contributed by atoms with E-state index in [-0.39, 0.29) is 5.78 Å². The maximum Gasteiger partial charge on any atom is 0.385 e. The van der Waals surface area contributed by atoms with E-state index in [1.54, 1.807) is 0 Å². The molecule has 0 aromatic heterocycles. The van der Waals surface area contributed by atoms with Gasteiger partial charge in [-0.05, 0) is 25.7 Å². The molecule has 0 aromatic rings. The number of allylic oxidation sites excluding steroid dienone is 2. The first-order chi connectivity index (χ1) is 15.3. The molecule has 5 heteroatoms. The topological polar surface area (TPSA) is 46.5 Å². The third-order valence-electron chi connectivity index (χ3n) is 6.30. The standard InChI is InChI=1S/C27H56NO3P/c1-6-8-9-10-11-12-13-14-15-16-17-18-19-20-21-22-23-24-25-26-31-32(29,30)27(7-2)28(3,4)5/h9-10,27H,6-8,11-26H2,1-5H3/p+1/b10-9-. The summed E-state index contributed by atoms with van der Waals surface area (Å²) in [4.78, 5) is 10.3. The molecule has 0 amide bonds. The number of hydrogen-bond acceptors (Lipinski definition) is 2. The Bertz CT molecular complexity index is 488. The van der Waals surface area contributed by atoms with Gasteiger partial charge in [0.15, 0.2) is 5.78 Å². The SMILES string of the molecule is CCC/C=C\CCCCCCCCCCCCCCCCOP(=O)(O)C(CC)[N+](C)(C)C. The lowest BCUT2D eigenvalue weighted by molar-refractivity contribution is -0.883. The summed E-state index contributed by atoms with van der Waals surface area (Å²) in [6.07, 6.45) is 27.4. The molecule has 0 saturated heterocycles. The Balaban J connectivity index is 3.41. The van der Waals surface area contributed by atoms with E-state index in [0.717, 1.165) is 12.8 Å². The fourth-order valence-corrected chi connectivity index (χ4v) is 6.29. The minimum absolute atomic E-state index is 0.347. The summed E-state index contributed by atoms with van der Waals surface area (Å²) in [5, 5.41) is 0. The Morgan fingerprint density at radius 1 is 0.719 bits per heavy atom. The lowest BCUT2D eigenvalue weighted by Crippen LogP contribution is -2.44. The van der Waals surface area contributed by atoms with Crippen molar-refractivity contribution in [2.24, 2.45) is 0 Å². The van der Waals surface area contributed by atoms with Gasteiger partial charge in [0, 0.05) is 6.42 Å². The van der Waals surface area contributed by atoms with Gasteiger partial charge in [0.05, 0.1) is 27.7 Å². The molecule has 0 fully saturated rings. The first-order valence-electron chi connectivity index (χ1n) is 13.7. The van der Waals surface area contributed by atoms with Crippen LogP contribution in [0.1, 0.15) is 129 Å². The van der Waals surface area contributed by atoms with E-state index in [4.69, 9.17) is 4.52 Å². The van der Waals surface area contributed by atoms with Gasteiger partial charge in [0.25, 0.3) is 0 Å². The van der Waals surface area contributed by atoms with Crippen molar-refractivity contribution in [2.45, 2.75) is 135 Å². The van der Waals surface area contributed by atoms with Crippen LogP contribution in [0.25, 0.3) is 0 Å². The average molecular weight is 475 g/mol. The lowest BCUT2D eigenvalue weighted by atomic mass is 10.0. The third kappa shape index (κ3) is 18.3. The molecule has 0 heterocycles. The molecule has 0 saturated carbocycles. The highest BCUT2D eigenvalue weighted by Crippen LogP contribution is 2.51. The van der Waals surface area contributed by atoms with Crippen LogP contribution in [0.3, 0.4) is 0 Å². The Morgan fingerprint density at radius 3 is 1.53 bits per heavy atom. The molecule has 0 aliphatic rings. The van der Waals surface area contributed by atoms with Crippen LogP contribution in [0.4, 0.5) is 0 Å². The van der Waals surface area contributed by atoms with Crippen LogP contribution in [0, 0.1) is 0 Å². The summed E-state index contributed by atoms with van der Waals surface area (Å²) in [5.74, 6) is -0.347. The predicted octanol–water partition coefficient (Wildman–Crippen LogP) is 8.84. The summed E-state index contributed by atoms with van der Waals surface area (Å²) in [7, 11) is 2.31. The molecular weight excluding hydrogens is 417 g/mol. The Kier molecular flexibility index (Phi) is 20.1. The van der Waals surface area contributed by atoms with Crippen LogP contribution in [0.15, 0.2) is 12.2 Å². The highest BCUT2D eigenvalue weighted by atomic mass is 31.2. The van der Waals surface area contributed by atoms with E-state index < -0.39 is 7.60 Å². The second-order valence-corrected chi connectivity index (χ2v) is 12.4. The van der Waals surface area contributed by atoms with Crippen molar-refractivity contribution >= 4 is 7.60 Å².